The molecule has 0 unspecified atom stereocenters. The number of thioether (sulfide) groups is 1. The fourth-order valence-corrected chi connectivity index (χ4v) is 5.37. The normalized spacial score (nSPS) is 11.3. The minimum atomic E-state index is -0.182. The number of hydrogen-bond acceptors (Lipinski definition) is 8. The number of fused-ring (bicyclic) bond motifs is 1. The Morgan fingerprint density at radius 1 is 1.28 bits per heavy atom. The van der Waals surface area contributed by atoms with E-state index in [1.165, 1.54) is 34.4 Å². The minimum Gasteiger partial charge on any atom is -0.302 e. The summed E-state index contributed by atoms with van der Waals surface area (Å²) in [6.45, 7) is 3.78. The summed E-state index contributed by atoms with van der Waals surface area (Å²) in [4.78, 5) is 25.9. The highest BCUT2D eigenvalue weighted by Gasteiger charge is 2.17. The molecule has 0 aliphatic carbocycles. The highest BCUT2D eigenvalue weighted by molar-refractivity contribution is 7.98. The van der Waals surface area contributed by atoms with E-state index in [-0.39, 0.29) is 12.3 Å². The van der Waals surface area contributed by atoms with Crippen molar-refractivity contribution in [2.24, 2.45) is 0 Å². The number of nitrogens with one attached hydrogen (secondary N) is 1. The first-order chi connectivity index (χ1) is 13.9. The molecular formula is C17H14Cl2N6OS3. The van der Waals surface area contributed by atoms with Crippen LogP contribution in [0.1, 0.15) is 17.0 Å². The lowest BCUT2D eigenvalue weighted by Crippen LogP contribution is -2.17. The average Bonchev–Trinajstić information content (AvgIpc) is 3.37. The van der Waals surface area contributed by atoms with Gasteiger partial charge in [0.05, 0.1) is 16.5 Å². The summed E-state index contributed by atoms with van der Waals surface area (Å²) in [5.41, 5.74) is 3.85. The third-order valence-electron chi connectivity index (χ3n) is 4.23. The second-order valence-electron chi connectivity index (χ2n) is 6.07. The molecule has 12 heteroatoms. The molecule has 1 N–H and O–H groups in total. The molecule has 0 saturated heterocycles. The number of aryl methyl sites for hydroxylation is 2. The lowest BCUT2D eigenvalue weighted by atomic mass is 10.1. The molecule has 7 nitrogen and oxygen atoms in total. The number of thiophene rings is 1. The van der Waals surface area contributed by atoms with Gasteiger partial charge in [-0.3, -0.25) is 4.79 Å². The van der Waals surface area contributed by atoms with Crippen LogP contribution in [-0.2, 0) is 11.2 Å². The van der Waals surface area contributed by atoms with Gasteiger partial charge in [-0.2, -0.15) is 4.98 Å². The van der Waals surface area contributed by atoms with Crippen molar-refractivity contribution in [2.75, 3.05) is 11.6 Å². The predicted octanol–water partition coefficient (Wildman–Crippen LogP) is 5.14. The molecule has 0 aliphatic heterocycles. The van der Waals surface area contributed by atoms with E-state index >= 15 is 0 Å². The lowest BCUT2D eigenvalue weighted by molar-refractivity contribution is -0.115. The SMILES string of the molecule is CSc1nc2nc(C)c(CC(=O)Nc3nc(-c4cc(Cl)sc4Cl)cs3)c(C)n2n1. The second kappa shape index (κ2) is 8.19. The summed E-state index contributed by atoms with van der Waals surface area (Å²) in [5, 5.41) is 10.2. The zero-order valence-corrected chi connectivity index (χ0v) is 19.4. The molecule has 0 aliphatic rings. The van der Waals surface area contributed by atoms with Gasteiger partial charge in [0.25, 0.3) is 5.78 Å². The average molecular weight is 485 g/mol. The largest absolute Gasteiger partial charge is 0.302 e. The number of carbonyl (C=O) groups excluding carboxylic acids is 1. The number of thiazole rings is 1. The van der Waals surface area contributed by atoms with Crippen LogP contribution >= 0.6 is 57.6 Å². The summed E-state index contributed by atoms with van der Waals surface area (Å²) < 4.78 is 2.84. The van der Waals surface area contributed by atoms with E-state index in [1.807, 2.05) is 25.5 Å². The molecule has 0 aromatic carbocycles. The molecule has 29 heavy (non-hydrogen) atoms. The molecule has 4 aromatic rings. The maximum absolute atomic E-state index is 12.6. The smallest absolute Gasteiger partial charge is 0.253 e. The summed E-state index contributed by atoms with van der Waals surface area (Å²) in [7, 11) is 0. The monoisotopic (exact) mass is 484 g/mol. The molecule has 1 amide bonds. The first kappa shape index (κ1) is 20.5. The molecule has 4 heterocycles. The van der Waals surface area contributed by atoms with Gasteiger partial charge in [0.15, 0.2) is 5.13 Å². The Balaban J connectivity index is 1.54. The van der Waals surface area contributed by atoms with E-state index in [9.17, 15) is 4.79 Å². The fourth-order valence-electron chi connectivity index (χ4n) is 2.83. The van der Waals surface area contributed by atoms with Crippen LogP contribution < -0.4 is 5.32 Å². The number of rotatable bonds is 5. The van der Waals surface area contributed by atoms with E-state index in [1.54, 1.807) is 10.6 Å². The standard InChI is InChI=1S/C17H14Cl2N6OS3/c1-7-9(8(2)25-15(20-7)23-17(24-25)27-3)5-13(26)22-16-21-11(6-28-16)10-4-12(18)29-14(10)19/h4,6H,5H2,1-3H3,(H,21,22,26). The third kappa shape index (κ3) is 4.13. The quantitative estimate of drug-likeness (QED) is 0.394. The molecule has 4 aromatic heterocycles. The number of carbonyl (C=O) groups is 1. The number of anilines is 1. The van der Waals surface area contributed by atoms with Gasteiger partial charge >= 0.3 is 0 Å². The molecule has 0 radical (unpaired) electrons. The number of aromatic nitrogens is 5. The van der Waals surface area contributed by atoms with Gasteiger partial charge < -0.3 is 5.32 Å². The van der Waals surface area contributed by atoms with Crippen LogP contribution in [0.3, 0.4) is 0 Å². The molecule has 0 spiro atoms. The van der Waals surface area contributed by atoms with Crippen LogP contribution in [0, 0.1) is 13.8 Å². The van der Waals surface area contributed by atoms with Crippen molar-refractivity contribution in [1.82, 2.24) is 24.6 Å². The van der Waals surface area contributed by atoms with Crippen LogP contribution in [0.5, 0.6) is 0 Å². The Labute approximate surface area is 188 Å². The summed E-state index contributed by atoms with van der Waals surface area (Å²) in [6.07, 6.45) is 2.07. The van der Waals surface area contributed by atoms with Crippen molar-refractivity contribution in [3.63, 3.8) is 0 Å². The van der Waals surface area contributed by atoms with Crippen molar-refractivity contribution in [1.29, 1.82) is 0 Å². The van der Waals surface area contributed by atoms with Gasteiger partial charge in [-0.05, 0) is 26.2 Å². The van der Waals surface area contributed by atoms with Crippen molar-refractivity contribution in [3.8, 4) is 11.3 Å². The number of halogens is 2. The first-order valence-electron chi connectivity index (χ1n) is 8.33. The zero-order chi connectivity index (χ0) is 20.7. The lowest BCUT2D eigenvalue weighted by Gasteiger charge is -2.09. The van der Waals surface area contributed by atoms with E-state index < -0.39 is 0 Å². The number of hydrogen-bond donors (Lipinski definition) is 1. The summed E-state index contributed by atoms with van der Waals surface area (Å²) in [5.74, 6) is 0.349. The van der Waals surface area contributed by atoms with Gasteiger partial charge in [0.2, 0.25) is 11.1 Å². The van der Waals surface area contributed by atoms with E-state index in [0.717, 1.165) is 22.5 Å². The number of nitrogens with zero attached hydrogens (tertiary/aromatic N) is 5. The molecule has 0 saturated carbocycles. The van der Waals surface area contributed by atoms with Crippen LogP contribution in [-0.4, -0.2) is 36.7 Å². The van der Waals surface area contributed by atoms with Gasteiger partial charge in [-0.15, -0.1) is 27.8 Å². The zero-order valence-electron chi connectivity index (χ0n) is 15.5. The maximum Gasteiger partial charge on any atom is 0.253 e. The van der Waals surface area contributed by atoms with Crippen molar-refractivity contribution >= 4 is 74.5 Å². The van der Waals surface area contributed by atoms with Gasteiger partial charge in [-0.25, -0.2) is 14.5 Å². The summed E-state index contributed by atoms with van der Waals surface area (Å²) >= 11 is 16.2. The van der Waals surface area contributed by atoms with Gasteiger partial charge in [-0.1, -0.05) is 35.0 Å². The Morgan fingerprint density at radius 2 is 2.07 bits per heavy atom. The van der Waals surface area contributed by atoms with Crippen molar-refractivity contribution < 1.29 is 4.79 Å². The molecule has 0 fully saturated rings. The predicted molar refractivity (Wildman–Crippen MR) is 120 cm³/mol. The Hall–Kier alpha value is -1.72. The van der Waals surface area contributed by atoms with Crippen LogP contribution in [0.25, 0.3) is 17.0 Å². The minimum absolute atomic E-state index is 0.162. The molecule has 4 rings (SSSR count). The van der Waals surface area contributed by atoms with Crippen molar-refractivity contribution in [2.45, 2.75) is 25.4 Å². The van der Waals surface area contributed by atoms with Crippen LogP contribution in [0.15, 0.2) is 16.6 Å². The van der Waals surface area contributed by atoms with E-state index in [0.29, 0.717) is 30.4 Å². The van der Waals surface area contributed by atoms with Crippen LogP contribution in [0.4, 0.5) is 5.13 Å². The Kier molecular flexibility index (Phi) is 5.80. The Bertz CT molecular complexity index is 1230. The van der Waals surface area contributed by atoms with Gasteiger partial charge in [0, 0.05) is 27.9 Å². The number of amides is 1. The van der Waals surface area contributed by atoms with Crippen LogP contribution in [0.2, 0.25) is 8.67 Å². The van der Waals surface area contributed by atoms with E-state index in [2.05, 4.69) is 25.4 Å². The highest BCUT2D eigenvalue weighted by Crippen LogP contribution is 2.39. The molecular weight excluding hydrogens is 471 g/mol. The topological polar surface area (TPSA) is 85.1 Å². The fraction of sp³-hybridized carbons (Fsp3) is 0.235. The molecule has 0 atom stereocenters. The Morgan fingerprint density at radius 3 is 2.76 bits per heavy atom. The molecule has 150 valence electrons. The van der Waals surface area contributed by atoms with Gasteiger partial charge in [0.1, 0.15) is 4.34 Å². The van der Waals surface area contributed by atoms with Crippen molar-refractivity contribution in [3.05, 3.63) is 37.1 Å². The van der Waals surface area contributed by atoms with E-state index in [4.69, 9.17) is 23.2 Å². The molecule has 0 bridgehead atoms. The second-order valence-corrected chi connectivity index (χ2v) is 9.99. The first-order valence-corrected chi connectivity index (χ1v) is 12.0. The highest BCUT2D eigenvalue weighted by atomic mass is 35.5. The third-order valence-corrected chi connectivity index (χ3v) is 7.02. The summed E-state index contributed by atoms with van der Waals surface area (Å²) in [6, 6.07) is 1.77. The maximum atomic E-state index is 12.6.